The molecule has 11 heteroatoms. The number of pyridine rings is 1. The van der Waals surface area contributed by atoms with E-state index in [0.717, 1.165) is 72.5 Å². The van der Waals surface area contributed by atoms with Gasteiger partial charge in [-0.15, -0.1) is 0 Å². The third-order valence-corrected chi connectivity index (χ3v) is 7.01. The van der Waals surface area contributed by atoms with E-state index in [-0.39, 0.29) is 11.9 Å². The summed E-state index contributed by atoms with van der Waals surface area (Å²) in [4.78, 5) is 38.5. The molecule has 2 aromatic carbocycles. The van der Waals surface area contributed by atoms with E-state index in [9.17, 15) is 9.59 Å². The maximum Gasteiger partial charge on any atom is 0.318 e. The number of anilines is 5. The third kappa shape index (κ3) is 7.29. The Bertz CT molecular complexity index is 1530. The molecular weight excluding hydrogens is 540 g/mol. The predicted octanol–water partition coefficient (Wildman–Crippen LogP) is 5.78. The van der Waals surface area contributed by atoms with Crippen LogP contribution in [-0.2, 0) is 12.8 Å². The summed E-state index contributed by atoms with van der Waals surface area (Å²) in [6.07, 6.45) is 8.86. The monoisotopic (exact) mass is 570 g/mol. The number of rotatable bonds is 2. The van der Waals surface area contributed by atoms with E-state index in [4.69, 9.17) is 11.6 Å². The standard InChI is InChI=1S/C19H18ClN7O.C11H13NO/c1-21-19(28)26-16-5-4-13-7-12(16)3-2-11-6-14(9-22-8-11)25-18-23-10-15(20)17(24-13)27-18;13-11(12-8-4-5-9-12)10-6-2-1-3-7-10/h4-10H,2-3H2,1H3,(H2,21,26,28)(H2,23,24,25,27);1-3,6-7H,4-5,8-9H2. The molecule has 0 saturated carbocycles. The maximum absolute atomic E-state index is 11.8. The number of benzene rings is 2. The van der Waals surface area contributed by atoms with Gasteiger partial charge in [0.15, 0.2) is 5.82 Å². The van der Waals surface area contributed by atoms with Gasteiger partial charge in [-0.2, -0.15) is 4.98 Å². The van der Waals surface area contributed by atoms with Crippen molar-refractivity contribution in [3.8, 4) is 0 Å². The van der Waals surface area contributed by atoms with Crippen molar-refractivity contribution in [1.82, 2.24) is 25.2 Å². The van der Waals surface area contributed by atoms with Crippen molar-refractivity contribution in [3.63, 3.8) is 0 Å². The molecule has 0 radical (unpaired) electrons. The van der Waals surface area contributed by atoms with Crippen LogP contribution < -0.4 is 21.3 Å². The Morgan fingerprint density at radius 3 is 2.51 bits per heavy atom. The molecule has 0 unspecified atom stereocenters. The van der Waals surface area contributed by atoms with Gasteiger partial charge in [-0.25, -0.2) is 9.78 Å². The molecule has 3 amide bonds. The van der Waals surface area contributed by atoms with Gasteiger partial charge in [-0.3, -0.25) is 9.78 Å². The molecule has 2 aliphatic rings. The largest absolute Gasteiger partial charge is 0.341 e. The molecule has 1 saturated heterocycles. The van der Waals surface area contributed by atoms with Gasteiger partial charge < -0.3 is 26.2 Å². The average molecular weight is 571 g/mol. The number of fused-ring (bicyclic) bond motifs is 6. The fourth-order valence-electron chi connectivity index (χ4n) is 4.62. The van der Waals surface area contributed by atoms with Crippen LogP contribution in [0.3, 0.4) is 0 Å². The van der Waals surface area contributed by atoms with Crippen LogP contribution in [0.1, 0.15) is 34.3 Å². The maximum atomic E-state index is 11.8. The highest BCUT2D eigenvalue weighted by Gasteiger charge is 2.18. The van der Waals surface area contributed by atoms with E-state index in [2.05, 4.69) is 36.2 Å². The van der Waals surface area contributed by atoms with Crippen molar-refractivity contribution in [3.05, 3.63) is 94.9 Å². The number of nitrogens with one attached hydrogen (secondary N) is 4. The van der Waals surface area contributed by atoms with Crippen LogP contribution in [0.5, 0.6) is 0 Å². The topological polar surface area (TPSA) is 124 Å². The lowest BCUT2D eigenvalue weighted by atomic mass is 10.0. The van der Waals surface area contributed by atoms with E-state index in [1.165, 1.54) is 0 Å². The minimum atomic E-state index is -0.267. The van der Waals surface area contributed by atoms with E-state index in [0.29, 0.717) is 16.8 Å². The molecule has 41 heavy (non-hydrogen) atoms. The van der Waals surface area contributed by atoms with Crippen LogP contribution in [0, 0.1) is 0 Å². The third-order valence-electron chi connectivity index (χ3n) is 6.74. The van der Waals surface area contributed by atoms with Crippen molar-refractivity contribution in [2.24, 2.45) is 0 Å². The lowest BCUT2D eigenvalue weighted by molar-refractivity contribution is 0.0793. The summed E-state index contributed by atoms with van der Waals surface area (Å²) in [6, 6.07) is 16.9. The molecule has 2 aromatic heterocycles. The number of hydrogen-bond donors (Lipinski definition) is 4. The number of carbonyl (C=O) groups excluding carboxylic acids is 2. The number of carbonyl (C=O) groups is 2. The highest BCUT2D eigenvalue weighted by atomic mass is 35.5. The Hall–Kier alpha value is -4.70. The molecule has 4 aromatic rings. The number of amides is 3. The summed E-state index contributed by atoms with van der Waals surface area (Å²) in [7, 11) is 1.58. The molecule has 0 aliphatic carbocycles. The Balaban J connectivity index is 0.000000216. The number of aryl methyl sites for hydroxylation is 2. The fourth-order valence-corrected chi connectivity index (χ4v) is 4.76. The van der Waals surface area contributed by atoms with Gasteiger partial charge in [0.05, 0.1) is 18.1 Å². The van der Waals surface area contributed by atoms with Crippen molar-refractivity contribution in [2.45, 2.75) is 25.7 Å². The second-order valence-electron chi connectivity index (χ2n) is 9.66. The molecule has 6 rings (SSSR count). The second kappa shape index (κ2) is 13.1. The fraction of sp³-hybridized carbons (Fsp3) is 0.233. The summed E-state index contributed by atoms with van der Waals surface area (Å²) in [5.74, 6) is 1.09. The minimum Gasteiger partial charge on any atom is -0.341 e. The van der Waals surface area contributed by atoms with Gasteiger partial charge in [-0.1, -0.05) is 29.8 Å². The van der Waals surface area contributed by atoms with Gasteiger partial charge in [0.2, 0.25) is 5.95 Å². The molecular formula is C30H31ClN8O2. The highest BCUT2D eigenvalue weighted by Crippen LogP contribution is 2.29. The first kappa shape index (κ1) is 27.9. The summed E-state index contributed by atoms with van der Waals surface area (Å²) in [6.45, 7) is 1.85. The molecule has 6 bridgehead atoms. The summed E-state index contributed by atoms with van der Waals surface area (Å²) >= 11 is 6.26. The van der Waals surface area contributed by atoms with Crippen molar-refractivity contribution in [1.29, 1.82) is 0 Å². The predicted molar refractivity (Wildman–Crippen MR) is 161 cm³/mol. The molecule has 210 valence electrons. The van der Waals surface area contributed by atoms with Crippen LogP contribution in [0.25, 0.3) is 0 Å². The number of nitrogens with zero attached hydrogens (tertiary/aromatic N) is 4. The first-order valence-corrected chi connectivity index (χ1v) is 13.8. The van der Waals surface area contributed by atoms with E-state index >= 15 is 0 Å². The van der Waals surface area contributed by atoms with E-state index < -0.39 is 0 Å². The number of urea groups is 1. The Morgan fingerprint density at radius 1 is 0.927 bits per heavy atom. The number of hydrogen-bond acceptors (Lipinski definition) is 7. The number of aromatic nitrogens is 3. The summed E-state index contributed by atoms with van der Waals surface area (Å²) < 4.78 is 0. The smallest absolute Gasteiger partial charge is 0.318 e. The normalized spacial score (nSPS) is 13.6. The Morgan fingerprint density at radius 2 is 1.73 bits per heavy atom. The SMILES string of the molecule is CNC(=O)Nc1ccc2cc1CCc1cncc(c1)Nc1ncc(Cl)c(n1)N2.O=C(c1ccccc1)N1CCCC1. The van der Waals surface area contributed by atoms with E-state index in [1.807, 2.05) is 65.7 Å². The quantitative estimate of drug-likeness (QED) is 0.241. The first-order valence-electron chi connectivity index (χ1n) is 13.4. The first-order chi connectivity index (χ1) is 20.0. The van der Waals surface area contributed by atoms with E-state index in [1.54, 1.807) is 19.4 Å². The van der Waals surface area contributed by atoms with Crippen LogP contribution in [0.15, 0.2) is 73.2 Å². The van der Waals surface area contributed by atoms with Gasteiger partial charge in [0.25, 0.3) is 5.91 Å². The summed E-state index contributed by atoms with van der Waals surface area (Å²) in [5, 5.41) is 12.2. The van der Waals surface area contributed by atoms with Gasteiger partial charge >= 0.3 is 6.03 Å². The minimum absolute atomic E-state index is 0.179. The average Bonchev–Trinajstić information content (AvgIpc) is 3.54. The van der Waals surface area contributed by atoms with Crippen LogP contribution in [0.4, 0.5) is 33.6 Å². The van der Waals surface area contributed by atoms with Gasteiger partial charge in [0, 0.05) is 43.3 Å². The van der Waals surface area contributed by atoms with Crippen LogP contribution in [-0.4, -0.2) is 51.9 Å². The zero-order valence-corrected chi connectivity index (χ0v) is 23.4. The molecule has 0 atom stereocenters. The van der Waals surface area contributed by atoms with Crippen molar-refractivity contribution < 1.29 is 9.59 Å². The number of halogens is 1. The zero-order chi connectivity index (χ0) is 28.6. The van der Waals surface area contributed by atoms with Crippen molar-refractivity contribution >= 4 is 52.4 Å². The second-order valence-corrected chi connectivity index (χ2v) is 10.1. The number of likely N-dealkylation sites (tertiary alicyclic amines) is 1. The van der Waals surface area contributed by atoms with Crippen LogP contribution in [0.2, 0.25) is 5.02 Å². The lowest BCUT2D eigenvalue weighted by Crippen LogP contribution is -2.27. The molecule has 0 spiro atoms. The Kier molecular flexibility index (Phi) is 8.90. The molecule has 4 heterocycles. The molecule has 4 N–H and O–H groups in total. The molecule has 2 aliphatic heterocycles. The molecule has 1 fully saturated rings. The van der Waals surface area contributed by atoms with Gasteiger partial charge in [-0.05, 0) is 73.2 Å². The van der Waals surface area contributed by atoms with Crippen LogP contribution >= 0.6 is 11.6 Å². The molecule has 10 nitrogen and oxygen atoms in total. The Labute approximate surface area is 243 Å². The van der Waals surface area contributed by atoms with Gasteiger partial charge in [0.1, 0.15) is 5.02 Å². The lowest BCUT2D eigenvalue weighted by Gasteiger charge is -2.14. The zero-order valence-electron chi connectivity index (χ0n) is 22.7. The summed E-state index contributed by atoms with van der Waals surface area (Å²) in [5.41, 5.74) is 5.20. The highest BCUT2D eigenvalue weighted by molar-refractivity contribution is 6.32. The van der Waals surface area contributed by atoms with Crippen molar-refractivity contribution in [2.75, 3.05) is 36.1 Å².